The fourth-order valence-corrected chi connectivity index (χ4v) is 1.07. The second-order valence-corrected chi connectivity index (χ2v) is 3.22. The van der Waals surface area contributed by atoms with Gasteiger partial charge in [-0.2, -0.15) is 0 Å². The van der Waals surface area contributed by atoms with Crippen molar-refractivity contribution in [3.05, 3.63) is 12.7 Å². The molecule has 0 saturated heterocycles. The van der Waals surface area contributed by atoms with Gasteiger partial charge in [-0.1, -0.05) is 19.9 Å². The third-order valence-electron chi connectivity index (χ3n) is 2.12. The summed E-state index contributed by atoms with van der Waals surface area (Å²) in [5.41, 5.74) is -0.767. The molecule has 0 heterocycles. The SMILES string of the molecule is C=CC[C@](O)(CCO)C(C)C. The van der Waals surface area contributed by atoms with Crippen LogP contribution in [0.4, 0.5) is 0 Å². The lowest BCUT2D eigenvalue weighted by Gasteiger charge is -2.30. The van der Waals surface area contributed by atoms with Gasteiger partial charge in [-0.05, 0) is 18.8 Å². The second kappa shape index (κ2) is 4.52. The summed E-state index contributed by atoms with van der Waals surface area (Å²) in [6, 6.07) is 0. The third kappa shape index (κ3) is 3.04. The van der Waals surface area contributed by atoms with Gasteiger partial charge in [0.1, 0.15) is 0 Å². The van der Waals surface area contributed by atoms with Crippen molar-refractivity contribution in [3.8, 4) is 0 Å². The van der Waals surface area contributed by atoms with Crippen LogP contribution in [-0.4, -0.2) is 22.4 Å². The van der Waals surface area contributed by atoms with Crippen molar-refractivity contribution in [3.63, 3.8) is 0 Å². The van der Waals surface area contributed by atoms with Gasteiger partial charge in [0.25, 0.3) is 0 Å². The fraction of sp³-hybridized carbons (Fsp3) is 0.778. The molecule has 0 radical (unpaired) electrons. The second-order valence-electron chi connectivity index (χ2n) is 3.22. The van der Waals surface area contributed by atoms with E-state index in [9.17, 15) is 5.11 Å². The normalized spacial score (nSPS) is 16.5. The average molecular weight is 158 g/mol. The summed E-state index contributed by atoms with van der Waals surface area (Å²) >= 11 is 0. The average Bonchev–Trinajstić information content (AvgIpc) is 1.88. The first-order chi connectivity index (χ1) is 5.06. The van der Waals surface area contributed by atoms with E-state index in [1.807, 2.05) is 13.8 Å². The number of hydrogen-bond donors (Lipinski definition) is 2. The first-order valence-electron chi connectivity index (χ1n) is 4.01. The van der Waals surface area contributed by atoms with Crippen molar-refractivity contribution in [2.75, 3.05) is 6.61 Å². The van der Waals surface area contributed by atoms with Gasteiger partial charge in [0.05, 0.1) is 5.60 Å². The molecule has 0 aliphatic heterocycles. The van der Waals surface area contributed by atoms with Crippen LogP contribution in [-0.2, 0) is 0 Å². The lowest BCUT2D eigenvalue weighted by atomic mass is 9.84. The van der Waals surface area contributed by atoms with Gasteiger partial charge in [0, 0.05) is 6.61 Å². The van der Waals surface area contributed by atoms with Crippen molar-refractivity contribution in [1.29, 1.82) is 0 Å². The zero-order valence-electron chi connectivity index (χ0n) is 7.38. The van der Waals surface area contributed by atoms with Gasteiger partial charge in [0.2, 0.25) is 0 Å². The molecule has 0 rings (SSSR count). The molecule has 2 N–H and O–H groups in total. The first kappa shape index (κ1) is 10.7. The monoisotopic (exact) mass is 158 g/mol. The van der Waals surface area contributed by atoms with Crippen LogP contribution in [0.5, 0.6) is 0 Å². The van der Waals surface area contributed by atoms with E-state index in [0.717, 1.165) is 0 Å². The molecule has 0 spiro atoms. The van der Waals surface area contributed by atoms with Crippen LogP contribution in [0.2, 0.25) is 0 Å². The van der Waals surface area contributed by atoms with Gasteiger partial charge in [-0.15, -0.1) is 6.58 Å². The van der Waals surface area contributed by atoms with Gasteiger partial charge >= 0.3 is 0 Å². The Morgan fingerprint density at radius 2 is 2.09 bits per heavy atom. The van der Waals surface area contributed by atoms with Crippen LogP contribution in [0.3, 0.4) is 0 Å². The highest BCUT2D eigenvalue weighted by molar-refractivity contribution is 4.88. The molecule has 0 amide bonds. The van der Waals surface area contributed by atoms with Crippen LogP contribution in [0.25, 0.3) is 0 Å². The van der Waals surface area contributed by atoms with Gasteiger partial charge in [-0.3, -0.25) is 0 Å². The Bertz CT molecular complexity index is 121. The van der Waals surface area contributed by atoms with Crippen molar-refractivity contribution in [2.24, 2.45) is 5.92 Å². The molecule has 0 aliphatic carbocycles. The van der Waals surface area contributed by atoms with Crippen molar-refractivity contribution < 1.29 is 10.2 Å². The van der Waals surface area contributed by atoms with E-state index in [0.29, 0.717) is 12.8 Å². The Labute approximate surface area is 68.6 Å². The molecule has 0 aromatic rings. The molecule has 0 saturated carbocycles. The molecular weight excluding hydrogens is 140 g/mol. The molecule has 11 heavy (non-hydrogen) atoms. The lowest BCUT2D eigenvalue weighted by molar-refractivity contribution is -0.0224. The Balaban J connectivity index is 4.12. The van der Waals surface area contributed by atoms with E-state index in [1.165, 1.54) is 0 Å². The molecule has 2 heteroatoms. The highest BCUT2D eigenvalue weighted by Gasteiger charge is 2.28. The summed E-state index contributed by atoms with van der Waals surface area (Å²) in [4.78, 5) is 0. The van der Waals surface area contributed by atoms with Crippen LogP contribution >= 0.6 is 0 Å². The summed E-state index contributed by atoms with van der Waals surface area (Å²) in [7, 11) is 0. The fourth-order valence-electron chi connectivity index (χ4n) is 1.07. The maximum absolute atomic E-state index is 9.86. The molecule has 0 fully saturated rings. The van der Waals surface area contributed by atoms with Crippen LogP contribution < -0.4 is 0 Å². The summed E-state index contributed by atoms with van der Waals surface area (Å²) in [6.45, 7) is 7.49. The third-order valence-corrected chi connectivity index (χ3v) is 2.12. The van der Waals surface area contributed by atoms with Crippen molar-refractivity contribution in [2.45, 2.75) is 32.3 Å². The minimum absolute atomic E-state index is 0.0303. The molecular formula is C9H18O2. The topological polar surface area (TPSA) is 40.5 Å². The molecule has 0 aliphatic rings. The maximum atomic E-state index is 9.86. The highest BCUT2D eigenvalue weighted by atomic mass is 16.3. The number of rotatable bonds is 5. The largest absolute Gasteiger partial charge is 0.396 e. The Hall–Kier alpha value is -0.340. The summed E-state index contributed by atoms with van der Waals surface area (Å²) < 4.78 is 0. The Kier molecular flexibility index (Phi) is 4.38. The molecule has 0 aromatic heterocycles. The van der Waals surface area contributed by atoms with Crippen molar-refractivity contribution in [1.82, 2.24) is 0 Å². The number of aliphatic hydroxyl groups is 2. The van der Waals surface area contributed by atoms with E-state index in [4.69, 9.17) is 5.11 Å². The molecule has 0 aromatic carbocycles. The van der Waals surface area contributed by atoms with Crippen molar-refractivity contribution >= 4 is 0 Å². The van der Waals surface area contributed by atoms with Gasteiger partial charge in [-0.25, -0.2) is 0 Å². The highest BCUT2D eigenvalue weighted by Crippen LogP contribution is 2.24. The van der Waals surface area contributed by atoms with E-state index in [-0.39, 0.29) is 12.5 Å². The zero-order chi connectivity index (χ0) is 8.91. The van der Waals surface area contributed by atoms with Gasteiger partial charge < -0.3 is 10.2 Å². The molecule has 0 unspecified atom stereocenters. The summed E-state index contributed by atoms with van der Waals surface area (Å²) in [6.07, 6.45) is 2.66. The molecule has 2 nitrogen and oxygen atoms in total. The standard InChI is InChI=1S/C9H18O2/c1-4-5-9(11,6-7-10)8(2)3/h4,8,10-11H,1,5-7H2,2-3H3/t9-/m0/s1. The van der Waals surface area contributed by atoms with E-state index in [2.05, 4.69) is 6.58 Å². The molecule has 0 bridgehead atoms. The Morgan fingerprint density at radius 1 is 1.55 bits per heavy atom. The minimum atomic E-state index is -0.767. The quantitative estimate of drug-likeness (QED) is 0.593. The summed E-state index contributed by atoms with van der Waals surface area (Å²) in [5.74, 6) is 0.160. The first-order valence-corrected chi connectivity index (χ1v) is 4.01. The van der Waals surface area contributed by atoms with E-state index >= 15 is 0 Å². The molecule has 66 valence electrons. The van der Waals surface area contributed by atoms with Crippen LogP contribution in [0.1, 0.15) is 26.7 Å². The predicted octanol–water partition coefficient (Wildman–Crippen LogP) is 1.33. The Morgan fingerprint density at radius 3 is 2.36 bits per heavy atom. The minimum Gasteiger partial charge on any atom is -0.396 e. The lowest BCUT2D eigenvalue weighted by Crippen LogP contribution is -2.35. The smallest absolute Gasteiger partial charge is 0.0726 e. The zero-order valence-corrected chi connectivity index (χ0v) is 7.38. The van der Waals surface area contributed by atoms with Crippen LogP contribution in [0, 0.1) is 5.92 Å². The predicted molar refractivity (Wildman–Crippen MR) is 46.3 cm³/mol. The number of hydrogen-bond acceptors (Lipinski definition) is 2. The van der Waals surface area contributed by atoms with Crippen LogP contribution in [0.15, 0.2) is 12.7 Å². The summed E-state index contributed by atoms with van der Waals surface area (Å²) in [5, 5.41) is 18.5. The van der Waals surface area contributed by atoms with E-state index < -0.39 is 5.60 Å². The number of aliphatic hydroxyl groups excluding tert-OH is 1. The van der Waals surface area contributed by atoms with E-state index in [1.54, 1.807) is 6.08 Å². The maximum Gasteiger partial charge on any atom is 0.0726 e. The molecule has 1 atom stereocenters. The van der Waals surface area contributed by atoms with Gasteiger partial charge in [0.15, 0.2) is 0 Å².